The Morgan fingerprint density at radius 1 is 1.21 bits per heavy atom. The predicted molar refractivity (Wildman–Crippen MR) is 59.3 cm³/mol. The van der Waals surface area contributed by atoms with Gasteiger partial charge in [-0.3, -0.25) is 0 Å². The van der Waals surface area contributed by atoms with E-state index in [2.05, 4.69) is 16.8 Å². The van der Waals surface area contributed by atoms with Gasteiger partial charge in [-0.2, -0.15) is 0 Å². The first-order chi connectivity index (χ1) is 6.75. The lowest BCUT2D eigenvalue weighted by molar-refractivity contribution is 0.253. The van der Waals surface area contributed by atoms with E-state index in [-0.39, 0.29) is 0 Å². The Morgan fingerprint density at radius 3 is 2.71 bits per heavy atom. The van der Waals surface area contributed by atoms with Crippen molar-refractivity contribution in [3.63, 3.8) is 0 Å². The molecule has 0 radical (unpaired) electrons. The van der Waals surface area contributed by atoms with E-state index in [1.165, 1.54) is 45.4 Å². The fourth-order valence-electron chi connectivity index (χ4n) is 2.25. The van der Waals surface area contributed by atoms with Crippen LogP contribution in [0.3, 0.4) is 0 Å². The maximum Gasteiger partial charge on any atom is 0.0196 e. The first-order valence-electron chi connectivity index (χ1n) is 5.92. The lowest BCUT2D eigenvalue weighted by Gasteiger charge is -2.23. The molecule has 82 valence electrons. The largest absolute Gasteiger partial charge is 0.326 e. The minimum absolute atomic E-state index is 0.443. The van der Waals surface area contributed by atoms with Gasteiger partial charge < -0.3 is 15.5 Å². The van der Waals surface area contributed by atoms with Gasteiger partial charge in [0.25, 0.3) is 0 Å². The fourth-order valence-corrected chi connectivity index (χ4v) is 2.25. The summed E-state index contributed by atoms with van der Waals surface area (Å²) in [6.45, 7) is 6.02. The molecule has 3 heteroatoms. The van der Waals surface area contributed by atoms with Crippen LogP contribution < -0.4 is 5.73 Å². The molecule has 0 bridgehead atoms. The van der Waals surface area contributed by atoms with Crippen LogP contribution in [0.5, 0.6) is 0 Å². The van der Waals surface area contributed by atoms with Gasteiger partial charge >= 0.3 is 0 Å². The molecule has 1 saturated carbocycles. The fraction of sp³-hybridized carbons (Fsp3) is 1.00. The van der Waals surface area contributed by atoms with Crippen molar-refractivity contribution in [2.24, 2.45) is 11.7 Å². The molecular formula is C11H23N3. The van der Waals surface area contributed by atoms with Crippen molar-refractivity contribution >= 4 is 0 Å². The molecule has 0 aromatic rings. The zero-order valence-corrected chi connectivity index (χ0v) is 9.28. The Balaban J connectivity index is 1.73. The molecule has 2 fully saturated rings. The van der Waals surface area contributed by atoms with E-state index >= 15 is 0 Å². The van der Waals surface area contributed by atoms with Crippen LogP contribution in [0.4, 0.5) is 0 Å². The van der Waals surface area contributed by atoms with Crippen molar-refractivity contribution in [3.05, 3.63) is 0 Å². The summed E-state index contributed by atoms with van der Waals surface area (Å²) < 4.78 is 0. The van der Waals surface area contributed by atoms with E-state index in [0.29, 0.717) is 6.04 Å². The van der Waals surface area contributed by atoms with Gasteiger partial charge in [-0.05, 0) is 45.3 Å². The van der Waals surface area contributed by atoms with Crippen LogP contribution >= 0.6 is 0 Å². The molecule has 14 heavy (non-hydrogen) atoms. The summed E-state index contributed by atoms with van der Waals surface area (Å²) in [6.07, 6.45) is 4.04. The average Bonchev–Trinajstić information content (AvgIpc) is 2.94. The number of likely N-dealkylation sites (N-methyl/N-ethyl adjacent to an activating group) is 1. The average molecular weight is 197 g/mol. The zero-order chi connectivity index (χ0) is 9.97. The normalized spacial score (nSPS) is 28.7. The van der Waals surface area contributed by atoms with E-state index < -0.39 is 0 Å². The second kappa shape index (κ2) is 4.60. The minimum Gasteiger partial charge on any atom is -0.326 e. The summed E-state index contributed by atoms with van der Waals surface area (Å²) in [5.41, 5.74) is 6.14. The molecule has 0 aromatic carbocycles. The third-order valence-corrected chi connectivity index (χ3v) is 3.51. The van der Waals surface area contributed by atoms with Gasteiger partial charge in [0, 0.05) is 25.7 Å². The van der Waals surface area contributed by atoms with Crippen LogP contribution in [-0.4, -0.2) is 55.6 Å². The van der Waals surface area contributed by atoms with Crippen LogP contribution in [-0.2, 0) is 0 Å². The topological polar surface area (TPSA) is 32.5 Å². The molecule has 2 N–H and O–H groups in total. The number of nitrogens with two attached hydrogens (primary N) is 1. The molecule has 1 aliphatic heterocycles. The molecule has 1 heterocycles. The first kappa shape index (κ1) is 10.4. The lowest BCUT2D eigenvalue weighted by Crippen LogP contribution is -2.40. The Hall–Kier alpha value is -0.120. The third-order valence-electron chi connectivity index (χ3n) is 3.51. The summed E-state index contributed by atoms with van der Waals surface area (Å²) in [7, 11) is 2.21. The highest BCUT2D eigenvalue weighted by Gasteiger charge is 2.29. The molecule has 1 saturated heterocycles. The van der Waals surface area contributed by atoms with Crippen molar-refractivity contribution < 1.29 is 0 Å². The van der Waals surface area contributed by atoms with E-state index in [4.69, 9.17) is 5.73 Å². The van der Waals surface area contributed by atoms with Crippen molar-refractivity contribution in [1.29, 1.82) is 0 Å². The monoisotopic (exact) mass is 197 g/mol. The maximum atomic E-state index is 6.14. The van der Waals surface area contributed by atoms with Crippen molar-refractivity contribution in [2.75, 3.05) is 39.8 Å². The Bertz CT molecular complexity index is 179. The number of hydrogen-bond donors (Lipinski definition) is 1. The maximum absolute atomic E-state index is 6.14. The SMILES string of the molecule is CN1CCCN(CC(N)C2CC2)CC1. The van der Waals surface area contributed by atoms with Crippen LogP contribution in [0.2, 0.25) is 0 Å². The molecule has 1 atom stereocenters. The van der Waals surface area contributed by atoms with Crippen molar-refractivity contribution in [3.8, 4) is 0 Å². The second-order valence-electron chi connectivity index (χ2n) is 4.96. The van der Waals surface area contributed by atoms with Gasteiger partial charge in [-0.25, -0.2) is 0 Å². The molecule has 2 rings (SSSR count). The quantitative estimate of drug-likeness (QED) is 0.709. The number of rotatable bonds is 3. The molecule has 2 aliphatic rings. The minimum atomic E-state index is 0.443. The number of hydrogen-bond acceptors (Lipinski definition) is 3. The molecule has 0 aromatic heterocycles. The van der Waals surface area contributed by atoms with Gasteiger partial charge in [-0.15, -0.1) is 0 Å². The standard InChI is InChI=1S/C11H23N3/c1-13-5-2-6-14(8-7-13)9-11(12)10-3-4-10/h10-11H,2-9,12H2,1H3. The molecule has 1 unspecified atom stereocenters. The highest BCUT2D eigenvalue weighted by Crippen LogP contribution is 2.31. The number of nitrogens with zero attached hydrogens (tertiary/aromatic N) is 2. The Labute approximate surface area is 87.2 Å². The van der Waals surface area contributed by atoms with Gasteiger partial charge in [-0.1, -0.05) is 0 Å². The van der Waals surface area contributed by atoms with E-state index in [0.717, 1.165) is 12.5 Å². The summed E-state index contributed by atoms with van der Waals surface area (Å²) in [6, 6.07) is 0.443. The predicted octanol–water partition coefficient (Wildman–Crippen LogP) is 0.361. The van der Waals surface area contributed by atoms with Crippen molar-refractivity contribution in [1.82, 2.24) is 9.80 Å². The summed E-state index contributed by atoms with van der Waals surface area (Å²) in [5.74, 6) is 0.844. The highest BCUT2D eigenvalue weighted by atomic mass is 15.2. The lowest BCUT2D eigenvalue weighted by atomic mass is 10.2. The first-order valence-corrected chi connectivity index (χ1v) is 5.92. The van der Waals surface area contributed by atoms with E-state index in [1.54, 1.807) is 0 Å². The van der Waals surface area contributed by atoms with E-state index in [1.807, 2.05) is 0 Å². The molecule has 1 aliphatic carbocycles. The zero-order valence-electron chi connectivity index (χ0n) is 9.28. The van der Waals surface area contributed by atoms with Gasteiger partial charge in [0.05, 0.1) is 0 Å². The molecule has 0 amide bonds. The Morgan fingerprint density at radius 2 is 2.00 bits per heavy atom. The molecule has 0 spiro atoms. The van der Waals surface area contributed by atoms with Crippen LogP contribution in [0, 0.1) is 5.92 Å². The van der Waals surface area contributed by atoms with Crippen LogP contribution in [0.1, 0.15) is 19.3 Å². The second-order valence-corrected chi connectivity index (χ2v) is 4.96. The van der Waals surface area contributed by atoms with E-state index in [9.17, 15) is 0 Å². The molecular weight excluding hydrogens is 174 g/mol. The highest BCUT2D eigenvalue weighted by molar-refractivity contribution is 4.86. The van der Waals surface area contributed by atoms with Gasteiger partial charge in [0.15, 0.2) is 0 Å². The van der Waals surface area contributed by atoms with Crippen LogP contribution in [0.25, 0.3) is 0 Å². The van der Waals surface area contributed by atoms with Crippen LogP contribution in [0.15, 0.2) is 0 Å². The summed E-state index contributed by atoms with van der Waals surface area (Å²) in [5, 5.41) is 0. The smallest absolute Gasteiger partial charge is 0.0196 e. The summed E-state index contributed by atoms with van der Waals surface area (Å²) in [4.78, 5) is 4.97. The van der Waals surface area contributed by atoms with Gasteiger partial charge in [0.1, 0.15) is 0 Å². The Kier molecular flexibility index (Phi) is 3.42. The van der Waals surface area contributed by atoms with Crippen molar-refractivity contribution in [2.45, 2.75) is 25.3 Å². The third kappa shape index (κ3) is 2.94. The summed E-state index contributed by atoms with van der Waals surface area (Å²) >= 11 is 0. The van der Waals surface area contributed by atoms with Gasteiger partial charge in [0.2, 0.25) is 0 Å². The molecule has 3 nitrogen and oxygen atoms in total.